The number of aryl methyl sites for hydroxylation is 1. The van der Waals surface area contributed by atoms with E-state index in [0.717, 1.165) is 0 Å². The number of halogens is 6. The third kappa shape index (κ3) is 7.32. The Labute approximate surface area is 182 Å². The number of nitrogens with zero attached hydrogens (tertiary/aromatic N) is 3. The molecule has 2 heterocycles. The topological polar surface area (TPSA) is 147 Å². The second-order valence-electron chi connectivity index (χ2n) is 6.91. The van der Waals surface area contributed by atoms with Crippen molar-refractivity contribution in [1.82, 2.24) is 15.5 Å². The summed E-state index contributed by atoms with van der Waals surface area (Å²) in [4.78, 5) is 13.0. The molecular weight excluding hydrogens is 464 g/mol. The fourth-order valence-corrected chi connectivity index (χ4v) is 2.67. The Kier molecular flexibility index (Phi) is 7.88. The van der Waals surface area contributed by atoms with E-state index < -0.39 is 35.7 Å². The van der Waals surface area contributed by atoms with Gasteiger partial charge < -0.3 is 25.4 Å². The highest BCUT2D eigenvalue weighted by Gasteiger charge is 2.38. The van der Waals surface area contributed by atoms with E-state index in [-0.39, 0.29) is 17.3 Å². The van der Waals surface area contributed by atoms with Crippen LogP contribution in [0.3, 0.4) is 0 Å². The zero-order chi connectivity index (χ0) is 24.9. The maximum atomic E-state index is 12.5. The molecule has 1 aromatic heterocycles. The fraction of sp³-hybridized carbons (Fsp3) is 0.444. The fourth-order valence-electron chi connectivity index (χ4n) is 2.67. The number of benzene rings is 1. The van der Waals surface area contributed by atoms with Gasteiger partial charge in [-0.25, -0.2) is 4.79 Å². The van der Waals surface area contributed by atoms with Crippen molar-refractivity contribution >= 4 is 5.97 Å². The van der Waals surface area contributed by atoms with Crippen molar-refractivity contribution in [3.05, 3.63) is 41.5 Å². The summed E-state index contributed by atoms with van der Waals surface area (Å²) in [6, 6.07) is 6.76. The van der Waals surface area contributed by atoms with Crippen molar-refractivity contribution in [1.29, 1.82) is 5.26 Å². The first-order chi connectivity index (χ1) is 15.3. The van der Waals surface area contributed by atoms with Crippen LogP contribution in [0.2, 0.25) is 0 Å². The summed E-state index contributed by atoms with van der Waals surface area (Å²) in [5.74, 6) is -2.84. The number of nitrogens with two attached hydrogens (primary N) is 1. The number of hydrogen-bond donors (Lipinski definition) is 3. The number of nitrogens with one attached hydrogen (secondary N) is 1. The first-order valence-corrected chi connectivity index (χ1v) is 9.11. The number of aliphatic carboxylic acids is 1. The number of carboxylic acid groups (broad SMARTS) is 1. The van der Waals surface area contributed by atoms with Gasteiger partial charge in [0, 0.05) is 25.1 Å². The molecule has 1 fully saturated rings. The molecule has 0 spiro atoms. The van der Waals surface area contributed by atoms with Gasteiger partial charge in [0.05, 0.1) is 17.5 Å². The number of aromatic nitrogens is 2. The van der Waals surface area contributed by atoms with Crippen LogP contribution in [0.15, 0.2) is 28.8 Å². The summed E-state index contributed by atoms with van der Waals surface area (Å²) in [5, 5.41) is 23.1. The molecule has 33 heavy (non-hydrogen) atoms. The first-order valence-electron chi connectivity index (χ1n) is 9.11. The third-order valence-electron chi connectivity index (χ3n) is 4.47. The summed E-state index contributed by atoms with van der Waals surface area (Å²) in [6.07, 6.45) is -8.99. The van der Waals surface area contributed by atoms with Crippen LogP contribution in [0.1, 0.15) is 29.7 Å². The number of carboxylic acids is 1. The molecule has 0 saturated carbocycles. The molecule has 1 saturated heterocycles. The minimum atomic E-state index is -5.08. The maximum Gasteiger partial charge on any atom is 0.573 e. The van der Waals surface area contributed by atoms with E-state index in [1.54, 1.807) is 6.07 Å². The number of para-hydroxylation sites is 1. The highest BCUT2D eigenvalue weighted by atomic mass is 19.4. The molecule has 1 atom stereocenters. The molecule has 4 N–H and O–H groups in total. The molecule has 2 aromatic rings. The summed E-state index contributed by atoms with van der Waals surface area (Å²) >= 11 is 0. The molecule has 0 amide bonds. The number of nitriles is 1. The van der Waals surface area contributed by atoms with Gasteiger partial charge in [0.2, 0.25) is 5.89 Å². The Morgan fingerprint density at radius 2 is 1.91 bits per heavy atom. The molecule has 0 radical (unpaired) electrons. The van der Waals surface area contributed by atoms with Gasteiger partial charge >= 0.3 is 18.5 Å². The van der Waals surface area contributed by atoms with Crippen LogP contribution < -0.4 is 15.8 Å². The Morgan fingerprint density at radius 3 is 2.39 bits per heavy atom. The lowest BCUT2D eigenvalue weighted by molar-refractivity contribution is -0.274. The Balaban J connectivity index is 0.000000479. The van der Waals surface area contributed by atoms with E-state index in [4.69, 9.17) is 20.2 Å². The largest absolute Gasteiger partial charge is 0.573 e. The summed E-state index contributed by atoms with van der Waals surface area (Å²) in [6.45, 7) is 1.21. The van der Waals surface area contributed by atoms with Crippen molar-refractivity contribution in [2.24, 2.45) is 11.1 Å². The van der Waals surface area contributed by atoms with E-state index in [9.17, 15) is 31.6 Å². The van der Waals surface area contributed by atoms with Gasteiger partial charge in [-0.1, -0.05) is 23.4 Å². The molecule has 3 rings (SSSR count). The van der Waals surface area contributed by atoms with Crippen LogP contribution in [0.4, 0.5) is 26.3 Å². The molecule has 1 unspecified atom stereocenters. The first kappa shape index (κ1) is 25.9. The molecule has 180 valence electrons. The molecule has 0 aliphatic carbocycles. The second-order valence-corrected chi connectivity index (χ2v) is 6.91. The van der Waals surface area contributed by atoms with Crippen LogP contribution >= 0.6 is 0 Å². The molecule has 15 heteroatoms. The van der Waals surface area contributed by atoms with Gasteiger partial charge in [-0.3, -0.25) is 0 Å². The van der Waals surface area contributed by atoms with E-state index in [1.165, 1.54) is 18.2 Å². The number of ether oxygens (including phenoxy) is 1. The van der Waals surface area contributed by atoms with Crippen molar-refractivity contribution < 1.29 is 45.5 Å². The number of rotatable bonds is 6. The highest BCUT2D eigenvalue weighted by molar-refractivity contribution is 5.73. The van der Waals surface area contributed by atoms with E-state index >= 15 is 0 Å². The lowest BCUT2D eigenvalue weighted by Gasteiger charge is -2.35. The predicted molar refractivity (Wildman–Crippen MR) is 96.4 cm³/mol. The number of carbonyl (C=O) groups is 1. The molecule has 0 bridgehead atoms. The van der Waals surface area contributed by atoms with Gasteiger partial charge in [0.1, 0.15) is 5.75 Å². The lowest BCUT2D eigenvalue weighted by atomic mass is 9.79. The normalized spacial score (nSPS) is 15.9. The number of hydrogen-bond acceptors (Lipinski definition) is 8. The smallest absolute Gasteiger partial charge is 0.475 e. The molecule has 1 aliphatic rings. The maximum absolute atomic E-state index is 12.5. The van der Waals surface area contributed by atoms with Crippen LogP contribution in [-0.4, -0.2) is 46.8 Å². The van der Waals surface area contributed by atoms with E-state index in [2.05, 4.69) is 26.3 Å². The average Bonchev–Trinajstić information content (AvgIpc) is 3.15. The Morgan fingerprint density at radius 1 is 1.30 bits per heavy atom. The van der Waals surface area contributed by atoms with Gasteiger partial charge in [-0.2, -0.15) is 23.4 Å². The van der Waals surface area contributed by atoms with Crippen molar-refractivity contribution in [2.45, 2.75) is 31.4 Å². The number of alkyl halides is 6. The molecule has 9 nitrogen and oxygen atoms in total. The Bertz CT molecular complexity index is 997. The van der Waals surface area contributed by atoms with Crippen molar-refractivity contribution in [3.8, 4) is 11.8 Å². The highest BCUT2D eigenvalue weighted by Crippen LogP contribution is 2.32. The SMILES string of the molecule is N#CC1(CCc2nc(C(N)c3ccccc3OC(F)(F)F)no2)CNC1.O=C(O)C(F)(F)F. The van der Waals surface area contributed by atoms with E-state index in [1.807, 2.05) is 0 Å². The summed E-state index contributed by atoms with van der Waals surface area (Å²) in [7, 11) is 0. The zero-order valence-corrected chi connectivity index (χ0v) is 16.6. The molecule has 1 aliphatic heterocycles. The minimum absolute atomic E-state index is 0.0518. The minimum Gasteiger partial charge on any atom is -0.475 e. The quantitative estimate of drug-likeness (QED) is 0.530. The summed E-state index contributed by atoms with van der Waals surface area (Å²) < 4.78 is 78.5. The van der Waals surface area contributed by atoms with Crippen molar-refractivity contribution in [3.63, 3.8) is 0 Å². The van der Waals surface area contributed by atoms with Crippen LogP contribution in [0.25, 0.3) is 0 Å². The van der Waals surface area contributed by atoms with Gasteiger partial charge in [-0.15, -0.1) is 13.2 Å². The average molecular weight is 481 g/mol. The molecular formula is C18H17F6N5O4. The van der Waals surface area contributed by atoms with Gasteiger partial charge in [0.25, 0.3) is 0 Å². The van der Waals surface area contributed by atoms with Crippen molar-refractivity contribution in [2.75, 3.05) is 13.1 Å². The lowest BCUT2D eigenvalue weighted by Crippen LogP contribution is -2.52. The summed E-state index contributed by atoms with van der Waals surface area (Å²) in [5.41, 5.74) is 5.65. The Hall–Kier alpha value is -3.38. The monoisotopic (exact) mass is 481 g/mol. The van der Waals surface area contributed by atoms with E-state index in [0.29, 0.717) is 25.9 Å². The van der Waals surface area contributed by atoms with Gasteiger partial charge in [0.15, 0.2) is 5.82 Å². The van der Waals surface area contributed by atoms with Gasteiger partial charge in [-0.05, 0) is 12.5 Å². The third-order valence-corrected chi connectivity index (χ3v) is 4.47. The zero-order valence-electron chi connectivity index (χ0n) is 16.6. The van der Waals surface area contributed by atoms with Crippen LogP contribution in [-0.2, 0) is 11.2 Å². The van der Waals surface area contributed by atoms with Crippen LogP contribution in [0.5, 0.6) is 5.75 Å². The predicted octanol–water partition coefficient (Wildman–Crippen LogP) is 2.70. The molecule has 1 aromatic carbocycles. The second kappa shape index (κ2) is 10.0. The standard InChI is InChI=1S/C16H16F3N5O2.C2HF3O2/c17-16(18,19)25-11-4-2-1-3-10(11)13(21)14-23-12(26-24-14)5-6-15(7-20)8-22-9-15;3-2(4,5)1(6)7/h1-4,13,22H,5-6,8-9,21H2;(H,6,7). The van der Waals surface area contributed by atoms with Crippen LogP contribution in [0, 0.1) is 16.7 Å².